The second-order valence-corrected chi connectivity index (χ2v) is 9.91. The van der Waals surface area contributed by atoms with Crippen LogP contribution < -0.4 is 20.1 Å². The van der Waals surface area contributed by atoms with Gasteiger partial charge in [-0.05, 0) is 73.5 Å². The van der Waals surface area contributed by atoms with Gasteiger partial charge in [0.2, 0.25) is 11.8 Å². The summed E-state index contributed by atoms with van der Waals surface area (Å²) in [7, 11) is 3.47. The molecule has 6 rings (SSSR count). The summed E-state index contributed by atoms with van der Waals surface area (Å²) < 4.78 is 26.7. The number of hydrogen-bond donors (Lipinski definition) is 2. The first-order valence-corrected chi connectivity index (χ1v) is 13.0. The molecular weight excluding hydrogens is 525 g/mol. The van der Waals surface area contributed by atoms with E-state index in [0.717, 1.165) is 16.5 Å². The van der Waals surface area contributed by atoms with Crippen LogP contribution in [-0.2, 0) is 16.6 Å². The number of aryl methyl sites for hydroxylation is 1. The molecule has 0 atom stereocenters. The highest BCUT2D eigenvalue weighted by Gasteiger charge is 2.56. The van der Waals surface area contributed by atoms with E-state index in [1.165, 1.54) is 24.3 Å². The smallest absolute Gasteiger partial charge is 0.240 e. The van der Waals surface area contributed by atoms with Gasteiger partial charge in [0.25, 0.3) is 0 Å². The lowest BCUT2D eigenvalue weighted by atomic mass is 10.0. The van der Waals surface area contributed by atoms with E-state index in [0.29, 0.717) is 47.0 Å². The molecule has 1 aliphatic rings. The van der Waals surface area contributed by atoms with Crippen molar-refractivity contribution >= 4 is 34.1 Å². The zero-order chi connectivity index (χ0) is 28.6. The second kappa shape index (κ2) is 10.4. The van der Waals surface area contributed by atoms with Gasteiger partial charge in [-0.25, -0.2) is 4.39 Å². The van der Waals surface area contributed by atoms with E-state index >= 15 is 0 Å². The molecule has 10 heteroatoms. The number of aromatic nitrogens is 3. The summed E-state index contributed by atoms with van der Waals surface area (Å²) in [6.07, 6.45) is 6.22. The maximum Gasteiger partial charge on any atom is 0.240 e. The average Bonchev–Trinajstić information content (AvgIpc) is 3.69. The molecule has 206 valence electrons. The quantitative estimate of drug-likeness (QED) is 0.232. The van der Waals surface area contributed by atoms with Crippen LogP contribution in [0.25, 0.3) is 22.0 Å². The maximum atomic E-state index is 13.2. The van der Waals surface area contributed by atoms with Crippen molar-refractivity contribution in [3.8, 4) is 28.4 Å². The molecule has 0 saturated heterocycles. The van der Waals surface area contributed by atoms with Crippen molar-refractivity contribution in [3.05, 3.63) is 91.1 Å². The Morgan fingerprint density at radius 3 is 2.17 bits per heavy atom. The van der Waals surface area contributed by atoms with Gasteiger partial charge in [-0.2, -0.15) is 5.10 Å². The number of carbonyl (C=O) groups excluding carboxylic acids is 2. The fraction of sp³-hybridized carbons (Fsp3) is 0.161. The Kier molecular flexibility index (Phi) is 6.58. The van der Waals surface area contributed by atoms with Gasteiger partial charge >= 0.3 is 0 Å². The number of pyridine rings is 1. The van der Waals surface area contributed by atoms with Gasteiger partial charge in [-0.15, -0.1) is 0 Å². The van der Waals surface area contributed by atoms with E-state index < -0.39 is 17.1 Å². The Labute approximate surface area is 234 Å². The largest absolute Gasteiger partial charge is 0.496 e. The van der Waals surface area contributed by atoms with Crippen molar-refractivity contribution in [1.82, 2.24) is 14.8 Å². The first kappa shape index (κ1) is 26.0. The molecule has 2 amide bonds. The van der Waals surface area contributed by atoms with E-state index in [4.69, 9.17) is 9.47 Å². The molecule has 5 aromatic rings. The Morgan fingerprint density at radius 2 is 1.59 bits per heavy atom. The highest BCUT2D eigenvalue weighted by molar-refractivity contribution is 6.16. The number of fused-ring (bicyclic) bond motifs is 1. The summed E-state index contributed by atoms with van der Waals surface area (Å²) in [6, 6.07) is 18.0. The van der Waals surface area contributed by atoms with Crippen LogP contribution >= 0.6 is 0 Å². The SMILES string of the molecule is COc1cc2nccc(Oc3ccc(NC(=O)C4(C(=O)Nc5ccc(F)cc5)CC4)cc3)c2cc1-c1cnn(C)c1. The summed E-state index contributed by atoms with van der Waals surface area (Å²) in [4.78, 5) is 30.3. The number of hydrogen-bond acceptors (Lipinski definition) is 6. The molecule has 2 N–H and O–H groups in total. The number of carbonyl (C=O) groups is 2. The predicted molar refractivity (Wildman–Crippen MR) is 152 cm³/mol. The first-order valence-electron chi connectivity index (χ1n) is 13.0. The summed E-state index contributed by atoms with van der Waals surface area (Å²) in [6.45, 7) is 0. The van der Waals surface area contributed by atoms with Crippen LogP contribution in [0.1, 0.15) is 12.8 Å². The van der Waals surface area contributed by atoms with Crippen molar-refractivity contribution in [3.63, 3.8) is 0 Å². The van der Waals surface area contributed by atoms with E-state index in [9.17, 15) is 14.0 Å². The van der Waals surface area contributed by atoms with Gasteiger partial charge in [-0.3, -0.25) is 19.3 Å². The Balaban J connectivity index is 1.17. The lowest BCUT2D eigenvalue weighted by Gasteiger charge is -2.16. The molecule has 41 heavy (non-hydrogen) atoms. The molecule has 0 bridgehead atoms. The number of methoxy groups -OCH3 is 1. The molecule has 2 heterocycles. The minimum atomic E-state index is -1.15. The zero-order valence-electron chi connectivity index (χ0n) is 22.3. The molecule has 1 fully saturated rings. The highest BCUT2D eigenvalue weighted by Crippen LogP contribution is 2.47. The van der Waals surface area contributed by atoms with E-state index in [2.05, 4.69) is 20.7 Å². The van der Waals surface area contributed by atoms with Crippen molar-refractivity contribution in [1.29, 1.82) is 0 Å². The van der Waals surface area contributed by atoms with Crippen molar-refractivity contribution in [2.75, 3.05) is 17.7 Å². The lowest BCUT2D eigenvalue weighted by molar-refractivity contribution is -0.131. The van der Waals surface area contributed by atoms with Gasteiger partial charge in [0.15, 0.2) is 0 Å². The van der Waals surface area contributed by atoms with Gasteiger partial charge in [0.05, 0.1) is 18.8 Å². The highest BCUT2D eigenvalue weighted by atomic mass is 19.1. The summed E-state index contributed by atoms with van der Waals surface area (Å²) >= 11 is 0. The fourth-order valence-corrected chi connectivity index (χ4v) is 4.64. The van der Waals surface area contributed by atoms with Crippen molar-refractivity contribution in [2.24, 2.45) is 12.5 Å². The summed E-state index contributed by atoms with van der Waals surface area (Å²) in [5.41, 5.74) is 2.30. The first-order chi connectivity index (χ1) is 19.8. The number of anilines is 2. The molecule has 0 radical (unpaired) electrons. The molecular formula is C31H26FN5O4. The number of halogens is 1. The average molecular weight is 552 g/mol. The number of benzene rings is 3. The van der Waals surface area contributed by atoms with Crippen LogP contribution in [-0.4, -0.2) is 33.7 Å². The third kappa shape index (κ3) is 5.19. The van der Waals surface area contributed by atoms with Crippen LogP contribution in [0.4, 0.5) is 15.8 Å². The standard InChI is InChI=1S/C31H26FN5O4/c1-37-18-19(17-34-37)24-15-25-26(16-28(24)40-2)33-14-11-27(25)41-23-9-7-22(8-10-23)36-30(39)31(12-13-31)29(38)35-21-5-3-20(32)4-6-21/h3-11,14-18H,12-13H2,1-2H3,(H,35,38)(H,36,39). The summed E-state index contributed by atoms with van der Waals surface area (Å²) in [5, 5.41) is 10.6. The molecule has 0 unspecified atom stereocenters. The fourth-order valence-electron chi connectivity index (χ4n) is 4.64. The third-order valence-corrected chi connectivity index (χ3v) is 7.10. The van der Waals surface area contributed by atoms with Crippen LogP contribution in [0.2, 0.25) is 0 Å². The van der Waals surface area contributed by atoms with Crippen LogP contribution in [0.15, 0.2) is 85.3 Å². The Bertz CT molecular complexity index is 1760. The van der Waals surface area contributed by atoms with E-state index in [1.807, 2.05) is 25.4 Å². The predicted octanol–water partition coefficient (Wildman–Crippen LogP) is 5.93. The number of rotatable bonds is 8. The monoisotopic (exact) mass is 551 g/mol. The number of nitrogens with one attached hydrogen (secondary N) is 2. The lowest BCUT2D eigenvalue weighted by Crippen LogP contribution is -2.35. The molecule has 1 saturated carbocycles. The number of nitrogens with zero attached hydrogens (tertiary/aromatic N) is 3. The van der Waals surface area contributed by atoms with Crippen molar-refractivity contribution in [2.45, 2.75) is 12.8 Å². The molecule has 9 nitrogen and oxygen atoms in total. The minimum absolute atomic E-state index is 0.386. The Morgan fingerprint density at radius 1 is 0.927 bits per heavy atom. The zero-order valence-corrected chi connectivity index (χ0v) is 22.3. The van der Waals surface area contributed by atoms with Gasteiger partial charge < -0.3 is 20.1 Å². The van der Waals surface area contributed by atoms with Crippen LogP contribution in [0, 0.1) is 11.2 Å². The maximum absolute atomic E-state index is 13.2. The molecule has 1 aliphatic carbocycles. The molecule has 3 aromatic carbocycles. The van der Waals surface area contributed by atoms with Crippen LogP contribution in [0.3, 0.4) is 0 Å². The van der Waals surface area contributed by atoms with Gasteiger partial charge in [-0.1, -0.05) is 0 Å². The van der Waals surface area contributed by atoms with Crippen molar-refractivity contribution < 1.29 is 23.5 Å². The minimum Gasteiger partial charge on any atom is -0.496 e. The third-order valence-electron chi connectivity index (χ3n) is 7.10. The number of amides is 2. The van der Waals surface area contributed by atoms with Gasteiger partial charge in [0.1, 0.15) is 28.5 Å². The molecule has 0 aliphatic heterocycles. The normalized spacial score (nSPS) is 13.4. The molecule has 2 aromatic heterocycles. The van der Waals surface area contributed by atoms with E-state index in [-0.39, 0.29) is 5.91 Å². The topological polar surface area (TPSA) is 107 Å². The van der Waals surface area contributed by atoms with Gasteiger partial charge in [0, 0.05) is 53.4 Å². The number of ether oxygens (including phenoxy) is 2. The van der Waals surface area contributed by atoms with E-state index in [1.54, 1.807) is 54.5 Å². The Hall–Kier alpha value is -5.25. The molecule has 0 spiro atoms. The van der Waals surface area contributed by atoms with Crippen LogP contribution in [0.5, 0.6) is 17.2 Å². The second-order valence-electron chi connectivity index (χ2n) is 9.91. The summed E-state index contributed by atoms with van der Waals surface area (Å²) in [5.74, 6) is 0.644.